The summed E-state index contributed by atoms with van der Waals surface area (Å²) in [5, 5.41) is 0.809. The normalized spacial score (nSPS) is 10.8. The lowest BCUT2D eigenvalue weighted by molar-refractivity contribution is -0.118. The van der Waals surface area contributed by atoms with Gasteiger partial charge in [0.2, 0.25) is 0 Å². The molecule has 0 unspecified atom stereocenters. The Morgan fingerprint density at radius 3 is 2.71 bits per heavy atom. The number of nitrogens with zero attached hydrogens (tertiary/aromatic N) is 1. The summed E-state index contributed by atoms with van der Waals surface area (Å²) in [4.78, 5) is 13.4. The van der Waals surface area contributed by atoms with E-state index < -0.39 is 0 Å². The number of hydrogen-bond acceptors (Lipinski definition) is 2. The van der Waals surface area contributed by atoms with E-state index in [9.17, 15) is 4.79 Å². The number of ketones is 1. The van der Waals surface area contributed by atoms with Gasteiger partial charge in [0.05, 0.1) is 0 Å². The first kappa shape index (κ1) is 14.2. The summed E-state index contributed by atoms with van der Waals surface area (Å²) in [5.74, 6) is 0.344. The van der Waals surface area contributed by atoms with Crippen LogP contribution in [0, 0.1) is 0 Å². The molecule has 1 rings (SSSR count). The first-order valence-corrected chi connectivity index (χ1v) is 6.45. The minimum Gasteiger partial charge on any atom is -0.302 e. The second kappa shape index (κ2) is 7.46. The van der Waals surface area contributed by atoms with Gasteiger partial charge in [-0.1, -0.05) is 36.7 Å². The van der Waals surface area contributed by atoms with E-state index in [2.05, 4.69) is 11.9 Å². The number of benzene rings is 1. The Morgan fingerprint density at radius 2 is 2.06 bits per heavy atom. The van der Waals surface area contributed by atoms with Crippen molar-refractivity contribution in [2.45, 2.75) is 32.7 Å². The molecular weight excluding hydrogens is 234 g/mol. The van der Waals surface area contributed by atoms with Crippen LogP contribution in [-0.4, -0.2) is 24.3 Å². The van der Waals surface area contributed by atoms with Crippen LogP contribution < -0.4 is 0 Å². The largest absolute Gasteiger partial charge is 0.302 e. The van der Waals surface area contributed by atoms with Crippen molar-refractivity contribution in [3.05, 3.63) is 34.9 Å². The number of hydrogen-bond donors (Lipinski definition) is 0. The van der Waals surface area contributed by atoms with E-state index >= 15 is 0 Å². The summed E-state index contributed by atoms with van der Waals surface area (Å²) in [6.45, 7) is 3.67. The highest BCUT2D eigenvalue weighted by Crippen LogP contribution is 2.16. The van der Waals surface area contributed by atoms with Gasteiger partial charge >= 0.3 is 0 Å². The Bertz CT molecular complexity index is 365. The highest BCUT2D eigenvalue weighted by Gasteiger charge is 2.04. The maximum absolute atomic E-state index is 11.2. The van der Waals surface area contributed by atoms with Crippen molar-refractivity contribution < 1.29 is 4.79 Å². The number of Topliss-reactive ketones (excluding diaryl/α,β-unsaturated/α-hetero) is 1. The molecule has 0 N–H and O–H groups in total. The van der Waals surface area contributed by atoms with Gasteiger partial charge in [0.15, 0.2) is 0 Å². The summed E-state index contributed by atoms with van der Waals surface area (Å²) in [6.07, 6.45) is 2.26. The van der Waals surface area contributed by atoms with Gasteiger partial charge in [-0.15, -0.1) is 0 Å². The molecule has 0 heterocycles. The van der Waals surface area contributed by atoms with E-state index in [-0.39, 0.29) is 0 Å². The monoisotopic (exact) mass is 253 g/mol. The third-order valence-electron chi connectivity index (χ3n) is 2.79. The van der Waals surface area contributed by atoms with E-state index in [4.69, 9.17) is 11.6 Å². The number of carbonyl (C=O) groups is 1. The van der Waals surface area contributed by atoms with E-state index in [1.165, 1.54) is 0 Å². The molecule has 0 amide bonds. The minimum atomic E-state index is 0.344. The number of halogens is 1. The smallest absolute Gasteiger partial charge is 0.132 e. The molecule has 1 aromatic carbocycles. The zero-order chi connectivity index (χ0) is 12.7. The first-order valence-electron chi connectivity index (χ1n) is 6.07. The second-order valence-electron chi connectivity index (χ2n) is 4.32. The summed E-state index contributed by atoms with van der Waals surface area (Å²) >= 11 is 6.09. The topological polar surface area (TPSA) is 20.3 Å². The molecule has 0 aliphatic heterocycles. The van der Waals surface area contributed by atoms with Gasteiger partial charge in [0, 0.05) is 24.4 Å². The lowest BCUT2D eigenvalue weighted by Gasteiger charge is -2.17. The Hall–Kier alpha value is -0.860. The molecule has 1 aromatic rings. The van der Waals surface area contributed by atoms with Crippen LogP contribution >= 0.6 is 11.6 Å². The van der Waals surface area contributed by atoms with Crippen molar-refractivity contribution >= 4 is 17.4 Å². The van der Waals surface area contributed by atoms with Crippen molar-refractivity contribution in [2.75, 3.05) is 13.6 Å². The average molecular weight is 254 g/mol. The van der Waals surface area contributed by atoms with Crippen LogP contribution in [-0.2, 0) is 11.3 Å². The van der Waals surface area contributed by atoms with Gasteiger partial charge in [0.25, 0.3) is 0 Å². The molecule has 2 nitrogen and oxygen atoms in total. The molecule has 0 saturated heterocycles. The fraction of sp³-hybridized carbons (Fsp3) is 0.500. The van der Waals surface area contributed by atoms with Crippen LogP contribution in [0.1, 0.15) is 31.7 Å². The molecule has 0 bridgehead atoms. The Kier molecular flexibility index (Phi) is 6.23. The highest BCUT2D eigenvalue weighted by atomic mass is 35.5. The molecule has 0 saturated carbocycles. The molecule has 0 fully saturated rings. The van der Waals surface area contributed by atoms with E-state index in [1.54, 1.807) is 0 Å². The van der Waals surface area contributed by atoms with Crippen molar-refractivity contribution in [1.29, 1.82) is 0 Å². The lowest BCUT2D eigenvalue weighted by atomic mass is 10.1. The molecule has 17 heavy (non-hydrogen) atoms. The van der Waals surface area contributed by atoms with Crippen molar-refractivity contribution in [2.24, 2.45) is 0 Å². The molecule has 94 valence electrons. The molecular formula is C14H20ClNO. The molecule has 0 aliphatic rings. The predicted molar refractivity (Wildman–Crippen MR) is 72.3 cm³/mol. The Balaban J connectivity index is 2.32. The minimum absolute atomic E-state index is 0.344. The summed E-state index contributed by atoms with van der Waals surface area (Å²) in [7, 11) is 2.06. The van der Waals surface area contributed by atoms with Gasteiger partial charge in [-0.3, -0.25) is 4.79 Å². The molecule has 0 radical (unpaired) electrons. The first-order chi connectivity index (χ1) is 8.13. The van der Waals surface area contributed by atoms with E-state index in [0.29, 0.717) is 18.6 Å². The van der Waals surface area contributed by atoms with Crippen LogP contribution in [0.3, 0.4) is 0 Å². The van der Waals surface area contributed by atoms with E-state index in [0.717, 1.165) is 30.1 Å². The van der Waals surface area contributed by atoms with Crippen LogP contribution in [0.4, 0.5) is 0 Å². The fourth-order valence-corrected chi connectivity index (χ4v) is 1.91. The van der Waals surface area contributed by atoms with Crippen molar-refractivity contribution in [1.82, 2.24) is 4.90 Å². The maximum Gasteiger partial charge on any atom is 0.132 e. The Labute approximate surface area is 109 Å². The van der Waals surface area contributed by atoms with Gasteiger partial charge < -0.3 is 4.90 Å². The molecule has 0 spiro atoms. The van der Waals surface area contributed by atoms with Crippen molar-refractivity contribution in [3.63, 3.8) is 0 Å². The fourth-order valence-electron chi connectivity index (χ4n) is 1.72. The average Bonchev–Trinajstić information content (AvgIpc) is 2.32. The molecule has 0 aromatic heterocycles. The number of carbonyl (C=O) groups excluding carboxylic acids is 1. The van der Waals surface area contributed by atoms with E-state index in [1.807, 2.05) is 31.2 Å². The molecule has 0 atom stereocenters. The SMILES string of the molecule is CCC(=O)CCCN(C)Cc1ccccc1Cl. The predicted octanol–water partition coefficient (Wildman–Crippen LogP) is 3.53. The molecule has 3 heteroatoms. The van der Waals surface area contributed by atoms with Gasteiger partial charge in [-0.2, -0.15) is 0 Å². The number of rotatable bonds is 7. The van der Waals surface area contributed by atoms with Crippen LogP contribution in [0.2, 0.25) is 5.02 Å². The third-order valence-corrected chi connectivity index (χ3v) is 3.16. The van der Waals surface area contributed by atoms with Crippen LogP contribution in [0.15, 0.2) is 24.3 Å². The standard InChI is InChI=1S/C14H20ClNO/c1-3-13(17)8-6-10-16(2)11-12-7-4-5-9-14(12)15/h4-5,7,9H,3,6,8,10-11H2,1-2H3. The maximum atomic E-state index is 11.2. The highest BCUT2D eigenvalue weighted by molar-refractivity contribution is 6.31. The van der Waals surface area contributed by atoms with Gasteiger partial charge in [0.1, 0.15) is 5.78 Å². The quantitative estimate of drug-likeness (QED) is 0.741. The zero-order valence-electron chi connectivity index (χ0n) is 10.6. The van der Waals surface area contributed by atoms with Crippen LogP contribution in [0.5, 0.6) is 0 Å². The summed E-state index contributed by atoms with van der Waals surface area (Å²) in [6, 6.07) is 7.88. The van der Waals surface area contributed by atoms with Crippen molar-refractivity contribution in [3.8, 4) is 0 Å². The Morgan fingerprint density at radius 1 is 1.35 bits per heavy atom. The second-order valence-corrected chi connectivity index (χ2v) is 4.73. The summed E-state index contributed by atoms with van der Waals surface area (Å²) < 4.78 is 0. The molecule has 0 aliphatic carbocycles. The van der Waals surface area contributed by atoms with Gasteiger partial charge in [-0.05, 0) is 31.6 Å². The third kappa shape index (κ3) is 5.33. The summed E-state index contributed by atoms with van der Waals surface area (Å²) in [5.41, 5.74) is 1.14. The van der Waals surface area contributed by atoms with Gasteiger partial charge in [-0.25, -0.2) is 0 Å². The lowest BCUT2D eigenvalue weighted by Crippen LogP contribution is -2.20. The zero-order valence-corrected chi connectivity index (χ0v) is 11.3. The van der Waals surface area contributed by atoms with Crippen LogP contribution in [0.25, 0.3) is 0 Å².